The van der Waals surface area contributed by atoms with Crippen molar-refractivity contribution in [3.05, 3.63) is 57.9 Å². The molecule has 1 aromatic carbocycles. The molecule has 0 saturated carbocycles. The lowest BCUT2D eigenvalue weighted by atomic mass is 10.0. The summed E-state index contributed by atoms with van der Waals surface area (Å²) in [6.45, 7) is 10.4. The molecule has 2 rings (SSSR count). The Hall–Kier alpha value is -3.42. The first-order valence-corrected chi connectivity index (χ1v) is 10.1. The first-order valence-electron chi connectivity index (χ1n) is 10.1. The highest BCUT2D eigenvalue weighted by atomic mass is 16.5. The molecule has 166 valence electrons. The van der Waals surface area contributed by atoms with Gasteiger partial charge in [-0.25, -0.2) is 9.59 Å². The molecule has 0 aliphatic heterocycles. The Bertz CT molecular complexity index is 989. The Morgan fingerprint density at radius 2 is 1.65 bits per heavy atom. The molecule has 0 aliphatic rings. The summed E-state index contributed by atoms with van der Waals surface area (Å²) < 4.78 is 5.33. The summed E-state index contributed by atoms with van der Waals surface area (Å²) in [5.74, 6) is -1.17. The highest BCUT2D eigenvalue weighted by molar-refractivity contribution is 6.05. The molecular weight excluding hydrogens is 398 g/mol. The van der Waals surface area contributed by atoms with E-state index >= 15 is 0 Å². The number of nitrogens with one attached hydrogen (secondary N) is 3. The fourth-order valence-corrected chi connectivity index (χ4v) is 3.26. The van der Waals surface area contributed by atoms with Crippen LogP contribution in [0.1, 0.15) is 75.7 Å². The number of carbonyl (C=O) groups excluding carboxylic acids is 4. The lowest BCUT2D eigenvalue weighted by Gasteiger charge is -2.13. The van der Waals surface area contributed by atoms with Gasteiger partial charge in [-0.15, -0.1) is 0 Å². The number of aromatic nitrogens is 1. The van der Waals surface area contributed by atoms with Gasteiger partial charge in [-0.1, -0.05) is 12.1 Å². The average Bonchev–Trinajstić information content (AvgIpc) is 2.99. The van der Waals surface area contributed by atoms with Crippen LogP contribution < -0.4 is 10.6 Å². The van der Waals surface area contributed by atoms with Gasteiger partial charge in [0.05, 0.1) is 11.3 Å². The number of benzene rings is 1. The molecule has 0 saturated heterocycles. The molecule has 0 bridgehead atoms. The summed E-state index contributed by atoms with van der Waals surface area (Å²) in [5, 5.41) is 5.45. The molecule has 3 N–H and O–H groups in total. The largest absolute Gasteiger partial charge is 0.451 e. The number of aromatic amines is 1. The third-order valence-corrected chi connectivity index (χ3v) is 4.75. The Labute approximate surface area is 181 Å². The predicted octanol–water partition coefficient (Wildman–Crippen LogP) is 3.47. The summed E-state index contributed by atoms with van der Waals surface area (Å²) in [7, 11) is 0. The molecule has 0 radical (unpaired) electrons. The smallest absolute Gasteiger partial charge is 0.338 e. The number of ketones is 2. The van der Waals surface area contributed by atoms with Crippen molar-refractivity contribution in [1.29, 1.82) is 0 Å². The topological polar surface area (TPSA) is 117 Å². The van der Waals surface area contributed by atoms with Crippen molar-refractivity contribution in [3.63, 3.8) is 0 Å². The lowest BCUT2D eigenvalue weighted by molar-refractivity contribution is 0.0317. The third kappa shape index (κ3) is 6.04. The number of rotatable bonds is 8. The van der Waals surface area contributed by atoms with Crippen molar-refractivity contribution >= 4 is 23.6 Å². The summed E-state index contributed by atoms with van der Waals surface area (Å²) >= 11 is 0. The van der Waals surface area contributed by atoms with Gasteiger partial charge in [0.2, 0.25) is 5.78 Å². The van der Waals surface area contributed by atoms with Gasteiger partial charge in [-0.2, -0.15) is 0 Å². The standard InChI is InChI=1S/C23H29N3O5/c1-12(2)25-23(30)24-11-17-7-9-18(10-8-17)22(29)31-16(6)21(28)20-13(3)19(15(5)27)14(4)26-20/h7-10,12,16,26H,11H2,1-6H3,(H2,24,25,30)/t16-/m1/s1. The number of ether oxygens (including phenoxy) is 1. The number of esters is 1. The quantitative estimate of drug-likeness (QED) is 0.440. The van der Waals surface area contributed by atoms with Crippen LogP contribution in [0, 0.1) is 13.8 Å². The molecule has 0 unspecified atom stereocenters. The highest BCUT2D eigenvalue weighted by Crippen LogP contribution is 2.21. The minimum Gasteiger partial charge on any atom is -0.451 e. The maximum Gasteiger partial charge on any atom is 0.338 e. The lowest BCUT2D eigenvalue weighted by Crippen LogP contribution is -2.39. The van der Waals surface area contributed by atoms with E-state index in [0.717, 1.165) is 5.56 Å². The average molecular weight is 428 g/mol. The molecule has 0 fully saturated rings. The third-order valence-electron chi connectivity index (χ3n) is 4.75. The van der Waals surface area contributed by atoms with Crippen LogP contribution in [0.25, 0.3) is 0 Å². The molecule has 2 amide bonds. The highest BCUT2D eigenvalue weighted by Gasteiger charge is 2.26. The molecule has 31 heavy (non-hydrogen) atoms. The molecule has 1 aromatic heterocycles. The number of aryl methyl sites for hydroxylation is 1. The molecule has 8 heteroatoms. The first-order chi connectivity index (χ1) is 14.5. The summed E-state index contributed by atoms with van der Waals surface area (Å²) in [6, 6.07) is 6.33. The number of urea groups is 1. The fourth-order valence-electron chi connectivity index (χ4n) is 3.26. The zero-order valence-electron chi connectivity index (χ0n) is 18.7. The fraction of sp³-hybridized carbons (Fsp3) is 0.391. The molecule has 8 nitrogen and oxygen atoms in total. The van der Waals surface area contributed by atoms with E-state index in [-0.39, 0.29) is 23.6 Å². The second-order valence-electron chi connectivity index (χ2n) is 7.77. The van der Waals surface area contributed by atoms with E-state index in [2.05, 4.69) is 15.6 Å². The summed E-state index contributed by atoms with van der Waals surface area (Å²) in [4.78, 5) is 51.5. The number of hydrogen-bond donors (Lipinski definition) is 3. The maximum absolute atomic E-state index is 12.7. The van der Waals surface area contributed by atoms with Gasteiger partial charge in [0.15, 0.2) is 11.9 Å². The van der Waals surface area contributed by atoms with E-state index in [1.165, 1.54) is 13.8 Å². The van der Waals surface area contributed by atoms with Gasteiger partial charge < -0.3 is 20.4 Å². The summed E-state index contributed by atoms with van der Waals surface area (Å²) in [6.07, 6.45) is -1.02. The molecular formula is C23H29N3O5. The van der Waals surface area contributed by atoms with Crippen LogP contribution in [0.5, 0.6) is 0 Å². The van der Waals surface area contributed by atoms with Crippen molar-refractivity contribution in [2.75, 3.05) is 0 Å². The Kier molecular flexibility index (Phi) is 7.74. The zero-order chi connectivity index (χ0) is 23.3. The van der Waals surface area contributed by atoms with Gasteiger partial charge in [-0.05, 0) is 64.8 Å². The van der Waals surface area contributed by atoms with E-state index in [0.29, 0.717) is 28.9 Å². The van der Waals surface area contributed by atoms with E-state index in [4.69, 9.17) is 4.74 Å². The van der Waals surface area contributed by atoms with E-state index in [1.54, 1.807) is 38.1 Å². The first kappa shape index (κ1) is 23.9. The van der Waals surface area contributed by atoms with Gasteiger partial charge in [0.1, 0.15) is 0 Å². The van der Waals surface area contributed by atoms with Crippen LogP contribution in [0.3, 0.4) is 0 Å². The van der Waals surface area contributed by atoms with Gasteiger partial charge in [0, 0.05) is 23.8 Å². The van der Waals surface area contributed by atoms with Crippen LogP contribution in [0.15, 0.2) is 24.3 Å². The van der Waals surface area contributed by atoms with Crippen molar-refractivity contribution in [2.24, 2.45) is 0 Å². The predicted molar refractivity (Wildman–Crippen MR) is 116 cm³/mol. The maximum atomic E-state index is 12.7. The number of Topliss-reactive ketones (excluding diaryl/α,β-unsaturated/α-hetero) is 2. The van der Waals surface area contributed by atoms with E-state index in [9.17, 15) is 19.2 Å². The molecule has 1 heterocycles. The molecule has 0 aliphatic carbocycles. The number of H-pyrrole nitrogens is 1. The minimum atomic E-state index is -1.02. The normalized spacial score (nSPS) is 11.7. The number of carbonyl (C=O) groups is 4. The molecule has 1 atom stereocenters. The minimum absolute atomic E-state index is 0.0366. The Morgan fingerprint density at radius 1 is 1.03 bits per heavy atom. The van der Waals surface area contributed by atoms with Crippen LogP contribution >= 0.6 is 0 Å². The van der Waals surface area contributed by atoms with E-state index < -0.39 is 17.9 Å². The van der Waals surface area contributed by atoms with Crippen molar-refractivity contribution < 1.29 is 23.9 Å². The second-order valence-corrected chi connectivity index (χ2v) is 7.77. The Morgan fingerprint density at radius 3 is 2.16 bits per heavy atom. The molecule has 0 spiro atoms. The summed E-state index contributed by atoms with van der Waals surface area (Å²) in [5.41, 5.74) is 3.01. The second kappa shape index (κ2) is 10.1. The number of amides is 2. The van der Waals surface area contributed by atoms with Crippen LogP contribution in [-0.2, 0) is 11.3 Å². The van der Waals surface area contributed by atoms with Gasteiger partial charge in [0.25, 0.3) is 0 Å². The zero-order valence-corrected chi connectivity index (χ0v) is 18.7. The van der Waals surface area contributed by atoms with Crippen LogP contribution in [0.4, 0.5) is 4.79 Å². The van der Waals surface area contributed by atoms with Crippen molar-refractivity contribution in [1.82, 2.24) is 15.6 Å². The van der Waals surface area contributed by atoms with Crippen LogP contribution in [-0.4, -0.2) is 40.7 Å². The van der Waals surface area contributed by atoms with Crippen LogP contribution in [0.2, 0.25) is 0 Å². The van der Waals surface area contributed by atoms with Crippen molar-refractivity contribution in [2.45, 2.75) is 60.2 Å². The number of hydrogen-bond acceptors (Lipinski definition) is 5. The van der Waals surface area contributed by atoms with Crippen molar-refractivity contribution in [3.8, 4) is 0 Å². The monoisotopic (exact) mass is 427 g/mol. The van der Waals surface area contributed by atoms with Gasteiger partial charge >= 0.3 is 12.0 Å². The SMILES string of the molecule is CC(=O)c1c(C)[nH]c(C(=O)[C@@H](C)OC(=O)c2ccc(CNC(=O)NC(C)C)cc2)c1C. The Balaban J connectivity index is 2.00. The van der Waals surface area contributed by atoms with E-state index in [1.807, 2.05) is 13.8 Å². The molecule has 2 aromatic rings. The van der Waals surface area contributed by atoms with Gasteiger partial charge in [-0.3, -0.25) is 9.59 Å².